The molecule has 1 aliphatic carbocycles. The Balaban J connectivity index is 1.28. The Morgan fingerprint density at radius 1 is 0.902 bits per heavy atom. The Morgan fingerprint density at radius 3 is 2.10 bits per heavy atom. The number of likely N-dealkylation sites (tertiary alicyclic amines) is 1. The summed E-state index contributed by atoms with van der Waals surface area (Å²) in [5, 5.41) is 12.0. The number of rotatable bonds is 7. The molecule has 1 saturated heterocycles. The SMILES string of the molecule is CC(C)(C)OC(=O)N[C@H]1C[C@@H](COc2ccc(C(=O)O)cc2)N(C(=O)OCC2c3ccccc3-c3ccccc32)C1. The molecule has 3 aromatic carbocycles. The average molecular weight is 559 g/mol. The second kappa shape index (κ2) is 11.5. The van der Waals surface area contributed by atoms with E-state index in [1.165, 1.54) is 12.1 Å². The van der Waals surface area contributed by atoms with Crippen LogP contribution in [0, 0.1) is 0 Å². The van der Waals surface area contributed by atoms with Gasteiger partial charge in [-0.05, 0) is 73.7 Å². The van der Waals surface area contributed by atoms with E-state index < -0.39 is 23.8 Å². The summed E-state index contributed by atoms with van der Waals surface area (Å²) in [6.07, 6.45) is -0.604. The van der Waals surface area contributed by atoms with Crippen LogP contribution in [0.15, 0.2) is 72.8 Å². The van der Waals surface area contributed by atoms with Crippen LogP contribution in [0.1, 0.15) is 54.6 Å². The lowest BCUT2D eigenvalue weighted by atomic mass is 9.98. The lowest BCUT2D eigenvalue weighted by Crippen LogP contribution is -2.42. The molecular weight excluding hydrogens is 524 g/mol. The van der Waals surface area contributed by atoms with E-state index in [1.807, 2.05) is 24.3 Å². The molecule has 9 nitrogen and oxygen atoms in total. The second-order valence-electron chi connectivity index (χ2n) is 11.3. The molecule has 41 heavy (non-hydrogen) atoms. The number of aromatic carboxylic acids is 1. The summed E-state index contributed by atoms with van der Waals surface area (Å²) in [5.74, 6) is -0.622. The van der Waals surface area contributed by atoms with Gasteiger partial charge in [-0.15, -0.1) is 0 Å². The molecule has 1 aliphatic heterocycles. The average Bonchev–Trinajstić information content (AvgIpc) is 3.48. The van der Waals surface area contributed by atoms with Crippen molar-refractivity contribution in [2.24, 2.45) is 0 Å². The maximum atomic E-state index is 13.5. The zero-order valence-corrected chi connectivity index (χ0v) is 23.3. The van der Waals surface area contributed by atoms with E-state index in [2.05, 4.69) is 29.6 Å². The number of fused-ring (bicyclic) bond motifs is 3. The predicted molar refractivity (Wildman–Crippen MR) is 152 cm³/mol. The minimum Gasteiger partial charge on any atom is -0.491 e. The number of hydrogen-bond acceptors (Lipinski definition) is 6. The van der Waals surface area contributed by atoms with Crippen LogP contribution in [-0.2, 0) is 9.47 Å². The quantitative estimate of drug-likeness (QED) is 0.383. The molecule has 214 valence electrons. The lowest BCUT2D eigenvalue weighted by Gasteiger charge is -2.25. The van der Waals surface area contributed by atoms with Gasteiger partial charge in [-0.1, -0.05) is 48.5 Å². The zero-order chi connectivity index (χ0) is 29.1. The molecule has 0 unspecified atom stereocenters. The summed E-state index contributed by atoms with van der Waals surface area (Å²) < 4.78 is 17.2. The Morgan fingerprint density at radius 2 is 1.51 bits per heavy atom. The molecule has 2 N–H and O–H groups in total. The van der Waals surface area contributed by atoms with Gasteiger partial charge >= 0.3 is 18.2 Å². The van der Waals surface area contributed by atoms with Crippen LogP contribution < -0.4 is 10.1 Å². The first-order valence-electron chi connectivity index (χ1n) is 13.7. The first-order chi connectivity index (χ1) is 19.6. The summed E-state index contributed by atoms with van der Waals surface area (Å²) in [4.78, 5) is 38.7. The van der Waals surface area contributed by atoms with Crippen molar-refractivity contribution >= 4 is 18.2 Å². The van der Waals surface area contributed by atoms with Crippen LogP contribution in [-0.4, -0.2) is 65.6 Å². The van der Waals surface area contributed by atoms with Crippen LogP contribution in [0.25, 0.3) is 11.1 Å². The molecule has 3 aromatic rings. The third-order valence-electron chi connectivity index (χ3n) is 7.25. The van der Waals surface area contributed by atoms with Gasteiger partial charge in [0.2, 0.25) is 0 Å². The summed E-state index contributed by atoms with van der Waals surface area (Å²) in [7, 11) is 0. The van der Waals surface area contributed by atoms with E-state index in [-0.39, 0.29) is 43.3 Å². The van der Waals surface area contributed by atoms with Crippen molar-refractivity contribution in [1.82, 2.24) is 10.2 Å². The van der Waals surface area contributed by atoms with E-state index in [1.54, 1.807) is 37.8 Å². The molecule has 1 heterocycles. The van der Waals surface area contributed by atoms with E-state index >= 15 is 0 Å². The van der Waals surface area contributed by atoms with Crippen molar-refractivity contribution in [2.75, 3.05) is 19.8 Å². The number of hydrogen-bond donors (Lipinski definition) is 2. The maximum absolute atomic E-state index is 13.5. The Kier molecular flexibility index (Phi) is 7.88. The number of carbonyl (C=O) groups is 3. The van der Waals surface area contributed by atoms with Crippen molar-refractivity contribution in [2.45, 2.75) is 50.8 Å². The van der Waals surface area contributed by atoms with E-state index in [9.17, 15) is 14.4 Å². The third kappa shape index (κ3) is 6.45. The third-order valence-corrected chi connectivity index (χ3v) is 7.25. The van der Waals surface area contributed by atoms with Gasteiger partial charge < -0.3 is 24.6 Å². The van der Waals surface area contributed by atoms with E-state index in [0.717, 1.165) is 22.3 Å². The Labute approximate surface area is 239 Å². The van der Waals surface area contributed by atoms with Gasteiger partial charge in [0, 0.05) is 12.5 Å². The highest BCUT2D eigenvalue weighted by Gasteiger charge is 2.39. The van der Waals surface area contributed by atoms with E-state index in [0.29, 0.717) is 12.2 Å². The number of alkyl carbamates (subject to hydrolysis) is 1. The van der Waals surface area contributed by atoms with Crippen LogP contribution in [0.3, 0.4) is 0 Å². The highest BCUT2D eigenvalue weighted by molar-refractivity contribution is 5.87. The Bertz CT molecular complexity index is 1380. The first kappa shape index (κ1) is 28.0. The number of nitrogens with one attached hydrogen (secondary N) is 1. The fourth-order valence-electron chi connectivity index (χ4n) is 5.44. The maximum Gasteiger partial charge on any atom is 0.410 e. The predicted octanol–water partition coefficient (Wildman–Crippen LogP) is 5.68. The summed E-state index contributed by atoms with van der Waals surface area (Å²) >= 11 is 0. The zero-order valence-electron chi connectivity index (χ0n) is 23.3. The molecule has 0 radical (unpaired) electrons. The van der Waals surface area contributed by atoms with Crippen LogP contribution in [0.4, 0.5) is 9.59 Å². The molecule has 2 amide bonds. The van der Waals surface area contributed by atoms with Crippen molar-refractivity contribution in [3.05, 3.63) is 89.5 Å². The first-order valence-corrected chi connectivity index (χ1v) is 13.7. The summed E-state index contributed by atoms with van der Waals surface area (Å²) in [5.41, 5.74) is 4.04. The second-order valence-corrected chi connectivity index (χ2v) is 11.3. The normalized spacial score (nSPS) is 17.9. The standard InChI is InChI=1S/C32H34N2O7/c1-32(2,3)41-30(37)33-21-16-22(18-39-23-14-12-20(13-15-23)29(35)36)34(17-21)31(38)40-19-28-26-10-6-4-8-24(26)25-9-5-7-11-27(25)28/h4-15,21-22,28H,16-19H2,1-3H3,(H,33,37)(H,35,36)/t21-,22-/m0/s1. The molecule has 9 heteroatoms. The highest BCUT2D eigenvalue weighted by Crippen LogP contribution is 2.44. The fourth-order valence-corrected chi connectivity index (χ4v) is 5.44. The molecule has 0 spiro atoms. The number of carboxylic acid groups (broad SMARTS) is 1. The van der Waals surface area contributed by atoms with Gasteiger partial charge in [0.1, 0.15) is 24.6 Å². The van der Waals surface area contributed by atoms with Gasteiger partial charge in [0.25, 0.3) is 0 Å². The van der Waals surface area contributed by atoms with Gasteiger partial charge in [0.15, 0.2) is 0 Å². The molecule has 2 aliphatic rings. The number of amides is 2. The molecular formula is C32H34N2O7. The minimum absolute atomic E-state index is 0.0768. The monoisotopic (exact) mass is 558 g/mol. The van der Waals surface area contributed by atoms with Crippen molar-refractivity contribution in [3.63, 3.8) is 0 Å². The number of carboxylic acids is 1. The largest absolute Gasteiger partial charge is 0.491 e. The van der Waals surface area contributed by atoms with Crippen molar-refractivity contribution < 1.29 is 33.7 Å². The molecule has 0 saturated carbocycles. The lowest BCUT2D eigenvalue weighted by molar-refractivity contribution is 0.0502. The van der Waals surface area contributed by atoms with Crippen LogP contribution in [0.5, 0.6) is 5.75 Å². The van der Waals surface area contributed by atoms with Gasteiger partial charge in [0.05, 0.1) is 17.6 Å². The molecule has 2 atom stereocenters. The van der Waals surface area contributed by atoms with Crippen molar-refractivity contribution in [3.8, 4) is 16.9 Å². The Hall–Kier alpha value is -4.53. The van der Waals surface area contributed by atoms with Crippen molar-refractivity contribution in [1.29, 1.82) is 0 Å². The molecule has 0 bridgehead atoms. The summed E-state index contributed by atoms with van der Waals surface area (Å²) in [6.45, 7) is 5.92. The van der Waals surface area contributed by atoms with Crippen LogP contribution in [0.2, 0.25) is 0 Å². The number of benzene rings is 3. The van der Waals surface area contributed by atoms with E-state index in [4.69, 9.17) is 19.3 Å². The number of ether oxygens (including phenoxy) is 3. The van der Waals surface area contributed by atoms with Gasteiger partial charge in [-0.2, -0.15) is 0 Å². The van der Waals surface area contributed by atoms with Gasteiger partial charge in [-0.25, -0.2) is 14.4 Å². The highest BCUT2D eigenvalue weighted by atomic mass is 16.6. The fraction of sp³-hybridized carbons (Fsp3) is 0.344. The molecule has 1 fully saturated rings. The molecule has 0 aromatic heterocycles. The number of carbonyl (C=O) groups excluding carboxylic acids is 2. The van der Waals surface area contributed by atoms with Gasteiger partial charge in [-0.3, -0.25) is 4.90 Å². The van der Waals surface area contributed by atoms with Crippen LogP contribution >= 0.6 is 0 Å². The number of nitrogens with zero attached hydrogens (tertiary/aromatic N) is 1. The minimum atomic E-state index is -1.02. The topological polar surface area (TPSA) is 114 Å². The summed E-state index contributed by atoms with van der Waals surface area (Å²) in [6, 6.07) is 21.6. The smallest absolute Gasteiger partial charge is 0.410 e. The molecule has 5 rings (SSSR count).